The van der Waals surface area contributed by atoms with Crippen molar-refractivity contribution in [2.45, 2.75) is 45.6 Å². The van der Waals surface area contributed by atoms with Crippen LogP contribution in [0, 0.1) is 0 Å². The topological polar surface area (TPSA) is 66.4 Å². The summed E-state index contributed by atoms with van der Waals surface area (Å²) in [6.07, 6.45) is 2.17. The Morgan fingerprint density at radius 1 is 1.20 bits per heavy atom. The van der Waals surface area contributed by atoms with Gasteiger partial charge in [-0.05, 0) is 31.4 Å². The number of ketones is 1. The SMILES string of the molecule is CCCNC(CCC(=O)O)C(=O)c1ccc(CC)cc1. The molecule has 0 amide bonds. The summed E-state index contributed by atoms with van der Waals surface area (Å²) >= 11 is 0. The number of carboxylic acids is 1. The fourth-order valence-electron chi connectivity index (χ4n) is 2.02. The predicted molar refractivity (Wildman–Crippen MR) is 79.1 cm³/mol. The van der Waals surface area contributed by atoms with Crippen molar-refractivity contribution in [3.8, 4) is 0 Å². The minimum Gasteiger partial charge on any atom is -0.481 e. The zero-order chi connectivity index (χ0) is 15.0. The Kier molecular flexibility index (Phi) is 6.94. The van der Waals surface area contributed by atoms with Crippen molar-refractivity contribution in [1.29, 1.82) is 0 Å². The van der Waals surface area contributed by atoms with Crippen LogP contribution in [-0.2, 0) is 11.2 Å². The van der Waals surface area contributed by atoms with E-state index in [1.54, 1.807) is 0 Å². The van der Waals surface area contributed by atoms with E-state index < -0.39 is 12.0 Å². The van der Waals surface area contributed by atoms with Crippen molar-refractivity contribution in [2.24, 2.45) is 0 Å². The van der Waals surface area contributed by atoms with Gasteiger partial charge >= 0.3 is 5.97 Å². The summed E-state index contributed by atoms with van der Waals surface area (Å²) in [7, 11) is 0. The molecule has 1 aromatic carbocycles. The maximum atomic E-state index is 12.4. The molecule has 0 saturated carbocycles. The summed E-state index contributed by atoms with van der Waals surface area (Å²) in [5.41, 5.74) is 1.83. The number of aryl methyl sites for hydroxylation is 1. The number of nitrogens with one attached hydrogen (secondary N) is 1. The number of carbonyl (C=O) groups is 2. The average Bonchev–Trinajstić information content (AvgIpc) is 2.46. The quantitative estimate of drug-likeness (QED) is 0.681. The monoisotopic (exact) mass is 277 g/mol. The van der Waals surface area contributed by atoms with Gasteiger partial charge in [-0.2, -0.15) is 0 Å². The third-order valence-corrected chi connectivity index (χ3v) is 3.25. The fraction of sp³-hybridized carbons (Fsp3) is 0.500. The lowest BCUT2D eigenvalue weighted by molar-refractivity contribution is -0.137. The third kappa shape index (κ3) is 5.13. The molecule has 1 unspecified atom stereocenters. The van der Waals surface area contributed by atoms with Gasteiger partial charge in [0.1, 0.15) is 0 Å². The largest absolute Gasteiger partial charge is 0.481 e. The van der Waals surface area contributed by atoms with Gasteiger partial charge in [-0.1, -0.05) is 38.1 Å². The highest BCUT2D eigenvalue weighted by atomic mass is 16.4. The molecule has 2 N–H and O–H groups in total. The number of carboxylic acid groups (broad SMARTS) is 1. The van der Waals surface area contributed by atoms with Gasteiger partial charge in [-0.15, -0.1) is 0 Å². The molecule has 1 aromatic rings. The first-order valence-corrected chi connectivity index (χ1v) is 7.16. The summed E-state index contributed by atoms with van der Waals surface area (Å²) in [6.45, 7) is 4.79. The van der Waals surface area contributed by atoms with Gasteiger partial charge < -0.3 is 10.4 Å². The summed E-state index contributed by atoms with van der Waals surface area (Å²) in [5.74, 6) is -0.898. The number of Topliss-reactive ketones (excluding diaryl/α,β-unsaturated/α-hetero) is 1. The van der Waals surface area contributed by atoms with Crippen molar-refractivity contribution in [1.82, 2.24) is 5.32 Å². The molecule has 20 heavy (non-hydrogen) atoms. The summed E-state index contributed by atoms with van der Waals surface area (Å²) in [6, 6.07) is 7.12. The summed E-state index contributed by atoms with van der Waals surface area (Å²) in [5, 5.41) is 11.9. The molecule has 0 saturated heterocycles. The van der Waals surface area contributed by atoms with E-state index in [1.165, 1.54) is 5.56 Å². The maximum Gasteiger partial charge on any atom is 0.303 e. The molecule has 0 aliphatic heterocycles. The number of hydrogen-bond donors (Lipinski definition) is 2. The van der Waals surface area contributed by atoms with E-state index in [-0.39, 0.29) is 12.2 Å². The zero-order valence-corrected chi connectivity index (χ0v) is 12.2. The van der Waals surface area contributed by atoms with Crippen LogP contribution in [0.25, 0.3) is 0 Å². The van der Waals surface area contributed by atoms with Gasteiger partial charge in [0, 0.05) is 12.0 Å². The van der Waals surface area contributed by atoms with Crippen molar-refractivity contribution in [2.75, 3.05) is 6.54 Å². The van der Waals surface area contributed by atoms with Gasteiger partial charge in [0.05, 0.1) is 6.04 Å². The van der Waals surface area contributed by atoms with Crippen LogP contribution in [0.2, 0.25) is 0 Å². The van der Waals surface area contributed by atoms with Gasteiger partial charge in [0.25, 0.3) is 0 Å². The van der Waals surface area contributed by atoms with Gasteiger partial charge in [0.15, 0.2) is 5.78 Å². The first kappa shape index (κ1) is 16.4. The highest BCUT2D eigenvalue weighted by Crippen LogP contribution is 2.11. The second kappa shape index (κ2) is 8.48. The second-order valence-electron chi connectivity index (χ2n) is 4.85. The molecule has 1 rings (SSSR count). The molecule has 0 fully saturated rings. The molecule has 0 aromatic heterocycles. The molecule has 4 nitrogen and oxygen atoms in total. The molecule has 0 radical (unpaired) electrons. The Balaban J connectivity index is 2.76. The van der Waals surface area contributed by atoms with Gasteiger partial charge in [0.2, 0.25) is 0 Å². The van der Waals surface area contributed by atoms with Crippen LogP contribution in [0.1, 0.15) is 49.0 Å². The number of rotatable bonds is 9. The second-order valence-corrected chi connectivity index (χ2v) is 4.85. The third-order valence-electron chi connectivity index (χ3n) is 3.25. The van der Waals surface area contributed by atoms with Crippen LogP contribution in [0.3, 0.4) is 0 Å². The highest BCUT2D eigenvalue weighted by Gasteiger charge is 2.20. The lowest BCUT2D eigenvalue weighted by atomic mass is 9.98. The lowest BCUT2D eigenvalue weighted by Gasteiger charge is -2.16. The van der Waals surface area contributed by atoms with Crippen molar-refractivity contribution < 1.29 is 14.7 Å². The lowest BCUT2D eigenvalue weighted by Crippen LogP contribution is -2.37. The summed E-state index contributed by atoms with van der Waals surface area (Å²) < 4.78 is 0. The minimum atomic E-state index is -0.873. The van der Waals surface area contributed by atoms with Gasteiger partial charge in [-0.25, -0.2) is 0 Å². The van der Waals surface area contributed by atoms with E-state index in [4.69, 9.17) is 5.11 Å². The molecule has 0 bridgehead atoms. The van der Waals surface area contributed by atoms with E-state index in [2.05, 4.69) is 12.2 Å². The van der Waals surface area contributed by atoms with Gasteiger partial charge in [-0.3, -0.25) is 9.59 Å². The Hall–Kier alpha value is -1.68. The maximum absolute atomic E-state index is 12.4. The van der Waals surface area contributed by atoms with E-state index in [0.717, 1.165) is 12.8 Å². The Morgan fingerprint density at radius 2 is 1.85 bits per heavy atom. The molecule has 0 heterocycles. The molecule has 110 valence electrons. The number of hydrogen-bond acceptors (Lipinski definition) is 3. The van der Waals surface area contributed by atoms with Crippen LogP contribution in [0.5, 0.6) is 0 Å². The Morgan fingerprint density at radius 3 is 2.35 bits per heavy atom. The summed E-state index contributed by atoms with van der Waals surface area (Å²) in [4.78, 5) is 23.1. The molecular weight excluding hydrogens is 254 g/mol. The number of carbonyl (C=O) groups excluding carboxylic acids is 1. The van der Waals surface area contributed by atoms with E-state index in [9.17, 15) is 9.59 Å². The minimum absolute atomic E-state index is 0.000163. The number of aliphatic carboxylic acids is 1. The van der Waals surface area contributed by atoms with E-state index in [0.29, 0.717) is 18.5 Å². The molecule has 1 atom stereocenters. The highest BCUT2D eigenvalue weighted by molar-refractivity contribution is 6.00. The van der Waals surface area contributed by atoms with Crippen molar-refractivity contribution in [3.63, 3.8) is 0 Å². The van der Waals surface area contributed by atoms with Crippen LogP contribution in [0.15, 0.2) is 24.3 Å². The Labute approximate surface area is 120 Å². The van der Waals surface area contributed by atoms with Crippen molar-refractivity contribution in [3.05, 3.63) is 35.4 Å². The number of benzene rings is 1. The molecule has 0 aliphatic rings. The van der Waals surface area contributed by atoms with Crippen LogP contribution in [0.4, 0.5) is 0 Å². The first-order valence-electron chi connectivity index (χ1n) is 7.16. The van der Waals surface area contributed by atoms with E-state index >= 15 is 0 Å². The molecule has 4 heteroatoms. The molecule has 0 spiro atoms. The predicted octanol–water partition coefficient (Wildman–Crippen LogP) is 2.66. The van der Waals surface area contributed by atoms with Crippen LogP contribution < -0.4 is 5.32 Å². The average molecular weight is 277 g/mol. The van der Waals surface area contributed by atoms with E-state index in [1.807, 2.05) is 31.2 Å². The molecular formula is C16H23NO3. The zero-order valence-electron chi connectivity index (χ0n) is 12.2. The smallest absolute Gasteiger partial charge is 0.303 e. The normalized spacial score (nSPS) is 12.1. The Bertz CT molecular complexity index is 440. The molecule has 0 aliphatic carbocycles. The first-order chi connectivity index (χ1) is 9.58. The van der Waals surface area contributed by atoms with Crippen molar-refractivity contribution >= 4 is 11.8 Å². The van der Waals surface area contributed by atoms with Crippen LogP contribution in [-0.4, -0.2) is 29.4 Å². The standard InChI is InChI=1S/C16H23NO3/c1-3-11-17-14(9-10-15(18)19)16(20)13-7-5-12(4-2)6-8-13/h5-8,14,17H,3-4,9-11H2,1-2H3,(H,18,19). The van der Waals surface area contributed by atoms with Crippen LogP contribution >= 0.6 is 0 Å². The fourth-order valence-corrected chi connectivity index (χ4v) is 2.02.